The van der Waals surface area contributed by atoms with Gasteiger partial charge in [-0.3, -0.25) is 0 Å². The SMILES string of the molecule is CC(N)CNc1ccnc(-c2cc(Cl)ccc2O)n1. The van der Waals surface area contributed by atoms with E-state index in [9.17, 15) is 5.11 Å². The average Bonchev–Trinajstić information content (AvgIpc) is 2.39. The minimum Gasteiger partial charge on any atom is -0.507 e. The van der Waals surface area contributed by atoms with E-state index in [1.165, 1.54) is 6.07 Å². The van der Waals surface area contributed by atoms with Crippen LogP contribution in [0.15, 0.2) is 30.5 Å². The molecule has 1 heterocycles. The molecular formula is C13H15ClN4O. The van der Waals surface area contributed by atoms with E-state index >= 15 is 0 Å². The Morgan fingerprint density at radius 1 is 1.42 bits per heavy atom. The zero-order valence-electron chi connectivity index (χ0n) is 10.5. The normalized spacial score (nSPS) is 12.2. The van der Waals surface area contributed by atoms with E-state index in [-0.39, 0.29) is 11.8 Å². The fourth-order valence-electron chi connectivity index (χ4n) is 1.54. The topological polar surface area (TPSA) is 84.1 Å². The zero-order chi connectivity index (χ0) is 13.8. The molecule has 0 aliphatic carbocycles. The summed E-state index contributed by atoms with van der Waals surface area (Å²) in [5.74, 6) is 1.16. The molecule has 19 heavy (non-hydrogen) atoms. The molecule has 1 aromatic carbocycles. The maximum atomic E-state index is 9.82. The molecule has 4 N–H and O–H groups in total. The van der Waals surface area contributed by atoms with Crippen molar-refractivity contribution in [2.24, 2.45) is 5.73 Å². The van der Waals surface area contributed by atoms with Crippen LogP contribution in [0.25, 0.3) is 11.4 Å². The van der Waals surface area contributed by atoms with Crippen LogP contribution < -0.4 is 11.1 Å². The van der Waals surface area contributed by atoms with Gasteiger partial charge < -0.3 is 16.2 Å². The third-order valence-electron chi connectivity index (χ3n) is 2.46. The summed E-state index contributed by atoms with van der Waals surface area (Å²) in [4.78, 5) is 8.46. The van der Waals surface area contributed by atoms with E-state index in [1.807, 2.05) is 6.92 Å². The molecule has 2 rings (SSSR count). The van der Waals surface area contributed by atoms with Gasteiger partial charge in [0.1, 0.15) is 11.6 Å². The molecule has 0 saturated carbocycles. The first kappa shape index (κ1) is 13.6. The number of hydrogen-bond donors (Lipinski definition) is 3. The molecule has 6 heteroatoms. The van der Waals surface area contributed by atoms with E-state index in [2.05, 4.69) is 15.3 Å². The monoisotopic (exact) mass is 278 g/mol. The lowest BCUT2D eigenvalue weighted by atomic mass is 10.2. The highest BCUT2D eigenvalue weighted by Gasteiger charge is 2.09. The maximum absolute atomic E-state index is 9.82. The zero-order valence-corrected chi connectivity index (χ0v) is 11.2. The van der Waals surface area contributed by atoms with Gasteiger partial charge in [0.25, 0.3) is 0 Å². The predicted molar refractivity (Wildman–Crippen MR) is 76.3 cm³/mol. The number of nitrogens with two attached hydrogens (primary N) is 1. The Labute approximate surface area is 116 Å². The number of phenols is 1. The van der Waals surface area contributed by atoms with Gasteiger partial charge in [-0.25, -0.2) is 9.97 Å². The van der Waals surface area contributed by atoms with Gasteiger partial charge in [-0.2, -0.15) is 0 Å². The Bertz CT molecular complexity index is 574. The van der Waals surface area contributed by atoms with Crippen LogP contribution in [0, 0.1) is 0 Å². The summed E-state index contributed by atoms with van der Waals surface area (Å²) in [6.45, 7) is 2.51. The predicted octanol–water partition coefficient (Wildman–Crippen LogP) is 2.26. The number of aromatic nitrogens is 2. The van der Waals surface area contributed by atoms with Crippen molar-refractivity contribution in [2.45, 2.75) is 13.0 Å². The van der Waals surface area contributed by atoms with Gasteiger partial charge >= 0.3 is 0 Å². The number of aromatic hydroxyl groups is 1. The van der Waals surface area contributed by atoms with Gasteiger partial charge in [0.2, 0.25) is 0 Å². The molecule has 100 valence electrons. The Morgan fingerprint density at radius 2 is 2.21 bits per heavy atom. The van der Waals surface area contributed by atoms with Crippen molar-refractivity contribution in [3.05, 3.63) is 35.5 Å². The number of phenolic OH excluding ortho intramolecular Hbond substituents is 1. The van der Waals surface area contributed by atoms with E-state index in [4.69, 9.17) is 17.3 Å². The second-order valence-corrected chi connectivity index (χ2v) is 4.72. The number of anilines is 1. The second kappa shape index (κ2) is 5.86. The van der Waals surface area contributed by atoms with Crippen molar-refractivity contribution in [3.63, 3.8) is 0 Å². The number of nitrogens with one attached hydrogen (secondary N) is 1. The first-order valence-electron chi connectivity index (χ1n) is 5.87. The summed E-state index contributed by atoms with van der Waals surface area (Å²) in [6, 6.07) is 6.52. The quantitative estimate of drug-likeness (QED) is 0.799. The molecule has 0 fully saturated rings. The van der Waals surface area contributed by atoms with Crippen molar-refractivity contribution in [3.8, 4) is 17.1 Å². The van der Waals surface area contributed by atoms with Crippen molar-refractivity contribution in [2.75, 3.05) is 11.9 Å². The van der Waals surface area contributed by atoms with Gasteiger partial charge in [0, 0.05) is 23.8 Å². The second-order valence-electron chi connectivity index (χ2n) is 4.29. The molecular weight excluding hydrogens is 264 g/mol. The van der Waals surface area contributed by atoms with Crippen LogP contribution in [-0.2, 0) is 0 Å². The van der Waals surface area contributed by atoms with Gasteiger partial charge in [-0.15, -0.1) is 0 Å². The van der Waals surface area contributed by atoms with Crippen molar-refractivity contribution in [1.82, 2.24) is 9.97 Å². The Kier molecular flexibility index (Phi) is 4.19. The number of halogens is 1. The summed E-state index contributed by atoms with van der Waals surface area (Å²) in [5.41, 5.74) is 6.17. The lowest BCUT2D eigenvalue weighted by Crippen LogP contribution is -2.25. The Balaban J connectivity index is 2.29. The summed E-state index contributed by atoms with van der Waals surface area (Å²) < 4.78 is 0. The average molecular weight is 279 g/mol. The molecule has 0 saturated heterocycles. The number of benzene rings is 1. The van der Waals surface area contributed by atoms with Crippen molar-refractivity contribution in [1.29, 1.82) is 0 Å². The molecule has 1 atom stereocenters. The van der Waals surface area contributed by atoms with Gasteiger partial charge in [-0.05, 0) is 31.2 Å². The molecule has 0 bridgehead atoms. The molecule has 0 amide bonds. The largest absolute Gasteiger partial charge is 0.507 e. The van der Waals surface area contributed by atoms with Crippen LogP contribution in [0.4, 0.5) is 5.82 Å². The molecule has 2 aromatic rings. The highest BCUT2D eigenvalue weighted by atomic mass is 35.5. The maximum Gasteiger partial charge on any atom is 0.165 e. The standard InChI is InChI=1S/C13H15ClN4O/c1-8(15)7-17-12-4-5-16-13(18-12)10-6-9(14)2-3-11(10)19/h2-6,8,19H,7,15H2,1H3,(H,16,17,18). The van der Waals surface area contributed by atoms with E-state index in [0.717, 1.165) is 0 Å². The van der Waals surface area contributed by atoms with Crippen LogP contribution >= 0.6 is 11.6 Å². The van der Waals surface area contributed by atoms with Crippen LogP contribution in [0.1, 0.15) is 6.92 Å². The van der Waals surface area contributed by atoms with Crippen molar-refractivity contribution < 1.29 is 5.11 Å². The minimum atomic E-state index is 0.0259. The summed E-state index contributed by atoms with van der Waals surface area (Å²) in [6.07, 6.45) is 1.62. The molecule has 0 spiro atoms. The first-order valence-corrected chi connectivity index (χ1v) is 6.25. The van der Waals surface area contributed by atoms with Crippen LogP contribution in [0.2, 0.25) is 5.02 Å². The van der Waals surface area contributed by atoms with Crippen LogP contribution in [0.3, 0.4) is 0 Å². The van der Waals surface area contributed by atoms with Gasteiger partial charge in [-0.1, -0.05) is 11.6 Å². The van der Waals surface area contributed by atoms with Crippen LogP contribution in [0.5, 0.6) is 5.75 Å². The van der Waals surface area contributed by atoms with E-state index < -0.39 is 0 Å². The minimum absolute atomic E-state index is 0.0259. The lowest BCUT2D eigenvalue weighted by Gasteiger charge is -2.09. The first-order chi connectivity index (χ1) is 9.06. The highest BCUT2D eigenvalue weighted by molar-refractivity contribution is 6.30. The molecule has 1 unspecified atom stereocenters. The fourth-order valence-corrected chi connectivity index (χ4v) is 1.71. The number of rotatable bonds is 4. The Morgan fingerprint density at radius 3 is 2.95 bits per heavy atom. The summed E-state index contributed by atoms with van der Waals surface area (Å²) >= 11 is 5.91. The highest BCUT2D eigenvalue weighted by Crippen LogP contribution is 2.29. The summed E-state index contributed by atoms with van der Waals surface area (Å²) in [7, 11) is 0. The molecule has 0 radical (unpaired) electrons. The fraction of sp³-hybridized carbons (Fsp3) is 0.231. The van der Waals surface area contributed by atoms with Crippen LogP contribution in [-0.4, -0.2) is 27.7 Å². The smallest absolute Gasteiger partial charge is 0.165 e. The molecule has 5 nitrogen and oxygen atoms in total. The number of hydrogen-bond acceptors (Lipinski definition) is 5. The van der Waals surface area contributed by atoms with Gasteiger partial charge in [0.05, 0.1) is 5.56 Å². The number of nitrogens with zero attached hydrogens (tertiary/aromatic N) is 2. The van der Waals surface area contributed by atoms with E-state index in [1.54, 1.807) is 24.4 Å². The van der Waals surface area contributed by atoms with Crippen molar-refractivity contribution >= 4 is 17.4 Å². The summed E-state index contributed by atoms with van der Waals surface area (Å²) in [5, 5.41) is 13.4. The third kappa shape index (κ3) is 3.56. The Hall–Kier alpha value is -1.85. The van der Waals surface area contributed by atoms with E-state index in [0.29, 0.717) is 28.8 Å². The lowest BCUT2D eigenvalue weighted by molar-refractivity contribution is 0.477. The molecule has 0 aliphatic rings. The molecule has 0 aliphatic heterocycles. The third-order valence-corrected chi connectivity index (χ3v) is 2.70. The molecule has 1 aromatic heterocycles. The van der Waals surface area contributed by atoms with Gasteiger partial charge in [0.15, 0.2) is 5.82 Å².